The Morgan fingerprint density at radius 3 is 2.73 bits per heavy atom. The summed E-state index contributed by atoms with van der Waals surface area (Å²) in [6, 6.07) is 17.2. The van der Waals surface area contributed by atoms with Gasteiger partial charge in [0.2, 0.25) is 5.91 Å². The lowest BCUT2D eigenvalue weighted by atomic mass is 10.0. The molecule has 0 bridgehead atoms. The zero-order valence-electron chi connectivity index (χ0n) is 16.3. The summed E-state index contributed by atoms with van der Waals surface area (Å²) in [6.07, 6.45) is 4.38. The molecule has 3 heterocycles. The van der Waals surface area contributed by atoms with E-state index in [-0.39, 0.29) is 30.4 Å². The van der Waals surface area contributed by atoms with Gasteiger partial charge >= 0.3 is 0 Å². The van der Waals surface area contributed by atoms with Crippen LogP contribution in [0.25, 0.3) is 11.1 Å². The Kier molecular flexibility index (Phi) is 4.67. The minimum atomic E-state index is -0.284. The molecule has 2 N–H and O–H groups in total. The van der Waals surface area contributed by atoms with Crippen LogP contribution in [0.15, 0.2) is 67.0 Å². The molecule has 3 aromatic rings. The Hall–Kier alpha value is -3.67. The van der Waals surface area contributed by atoms with E-state index in [0.717, 1.165) is 34.4 Å². The SMILES string of the molecule is O=C(C[C@@H]1NC(=O)c2ccccc21)NC[C@@H]1Cc2cccc(-c3ccncc3)c2O1. The third-order valence-corrected chi connectivity index (χ3v) is 5.62. The first-order valence-electron chi connectivity index (χ1n) is 10.0. The summed E-state index contributed by atoms with van der Waals surface area (Å²) in [7, 11) is 0. The van der Waals surface area contributed by atoms with Crippen molar-refractivity contribution in [2.75, 3.05) is 6.54 Å². The Bertz CT molecular complexity index is 1110. The van der Waals surface area contributed by atoms with Gasteiger partial charge in [0.15, 0.2) is 0 Å². The molecule has 0 spiro atoms. The number of nitrogens with one attached hydrogen (secondary N) is 2. The number of hydrogen-bond donors (Lipinski definition) is 2. The molecule has 0 aliphatic carbocycles. The molecule has 2 aromatic carbocycles. The molecule has 6 heteroatoms. The molecule has 6 nitrogen and oxygen atoms in total. The summed E-state index contributed by atoms with van der Waals surface area (Å²) in [5.74, 6) is 0.646. The van der Waals surface area contributed by atoms with Gasteiger partial charge in [-0.2, -0.15) is 0 Å². The Labute approximate surface area is 174 Å². The van der Waals surface area contributed by atoms with Gasteiger partial charge in [-0.05, 0) is 34.9 Å². The van der Waals surface area contributed by atoms with Crippen LogP contribution in [0, 0.1) is 0 Å². The highest BCUT2D eigenvalue weighted by Crippen LogP contribution is 2.38. The molecule has 150 valence electrons. The van der Waals surface area contributed by atoms with Crippen LogP contribution in [0.3, 0.4) is 0 Å². The van der Waals surface area contributed by atoms with Gasteiger partial charge in [-0.15, -0.1) is 0 Å². The summed E-state index contributed by atoms with van der Waals surface area (Å²) < 4.78 is 6.18. The summed E-state index contributed by atoms with van der Waals surface area (Å²) in [4.78, 5) is 28.6. The van der Waals surface area contributed by atoms with Gasteiger partial charge in [0, 0.05) is 29.9 Å². The van der Waals surface area contributed by atoms with Crippen molar-refractivity contribution in [3.8, 4) is 16.9 Å². The molecule has 1 aromatic heterocycles. The molecule has 30 heavy (non-hydrogen) atoms. The van der Waals surface area contributed by atoms with Crippen LogP contribution in [0.1, 0.15) is 33.9 Å². The molecule has 5 rings (SSSR count). The highest BCUT2D eigenvalue weighted by molar-refractivity contribution is 5.99. The van der Waals surface area contributed by atoms with E-state index in [1.54, 1.807) is 18.5 Å². The average molecular weight is 399 g/mol. The number of nitrogens with zero attached hydrogens (tertiary/aromatic N) is 1. The average Bonchev–Trinajstić information content (AvgIpc) is 3.34. The van der Waals surface area contributed by atoms with Crippen molar-refractivity contribution in [2.45, 2.75) is 25.0 Å². The fourth-order valence-corrected chi connectivity index (χ4v) is 4.18. The van der Waals surface area contributed by atoms with Crippen LogP contribution in [-0.4, -0.2) is 29.4 Å². The number of carbonyl (C=O) groups is 2. The third kappa shape index (κ3) is 3.41. The van der Waals surface area contributed by atoms with Crippen LogP contribution in [0.4, 0.5) is 0 Å². The second kappa shape index (κ2) is 7.63. The first-order valence-corrected chi connectivity index (χ1v) is 10.0. The zero-order chi connectivity index (χ0) is 20.5. The molecule has 0 radical (unpaired) electrons. The zero-order valence-corrected chi connectivity index (χ0v) is 16.3. The largest absolute Gasteiger partial charge is 0.487 e. The number of para-hydroxylation sites is 1. The molecule has 2 aliphatic rings. The van der Waals surface area contributed by atoms with E-state index in [1.807, 2.05) is 42.5 Å². The second-order valence-electron chi connectivity index (χ2n) is 7.60. The number of carbonyl (C=O) groups excluding carboxylic acids is 2. The molecule has 2 aliphatic heterocycles. The van der Waals surface area contributed by atoms with E-state index in [1.165, 1.54) is 0 Å². The molecule has 2 amide bonds. The highest BCUT2D eigenvalue weighted by Gasteiger charge is 2.30. The number of hydrogen-bond acceptors (Lipinski definition) is 4. The minimum Gasteiger partial charge on any atom is -0.487 e. The summed E-state index contributed by atoms with van der Waals surface area (Å²) in [5.41, 5.74) is 4.76. The molecule has 0 fully saturated rings. The topological polar surface area (TPSA) is 80.3 Å². The smallest absolute Gasteiger partial charge is 0.252 e. The number of aromatic nitrogens is 1. The predicted molar refractivity (Wildman–Crippen MR) is 112 cm³/mol. The fourth-order valence-electron chi connectivity index (χ4n) is 4.18. The Balaban J connectivity index is 1.21. The standard InChI is InChI=1S/C24H21N3O3/c28-22(13-21-19-5-1-2-6-20(19)24(29)27-21)26-14-17-12-16-4-3-7-18(23(16)30-17)15-8-10-25-11-9-15/h1-11,17,21H,12-14H2,(H,26,28)(H,27,29)/t17-,21-/m0/s1. The van der Waals surface area contributed by atoms with E-state index < -0.39 is 0 Å². The van der Waals surface area contributed by atoms with Crippen molar-refractivity contribution in [1.29, 1.82) is 0 Å². The van der Waals surface area contributed by atoms with Crippen LogP contribution in [0.2, 0.25) is 0 Å². The molecule has 0 unspecified atom stereocenters. The second-order valence-corrected chi connectivity index (χ2v) is 7.60. The van der Waals surface area contributed by atoms with E-state index in [0.29, 0.717) is 12.1 Å². The lowest BCUT2D eigenvalue weighted by molar-refractivity contribution is -0.121. The van der Waals surface area contributed by atoms with Gasteiger partial charge in [-0.1, -0.05) is 36.4 Å². The molecule has 0 saturated heterocycles. The van der Waals surface area contributed by atoms with Gasteiger partial charge in [0.25, 0.3) is 5.91 Å². The Morgan fingerprint density at radius 1 is 1.07 bits per heavy atom. The summed E-state index contributed by atoms with van der Waals surface area (Å²) >= 11 is 0. The summed E-state index contributed by atoms with van der Waals surface area (Å²) in [5, 5.41) is 5.85. The first kappa shape index (κ1) is 18.4. The van der Waals surface area contributed by atoms with Gasteiger partial charge < -0.3 is 15.4 Å². The fraction of sp³-hybridized carbons (Fsp3) is 0.208. The van der Waals surface area contributed by atoms with Crippen molar-refractivity contribution in [3.63, 3.8) is 0 Å². The maximum Gasteiger partial charge on any atom is 0.252 e. The lowest BCUT2D eigenvalue weighted by Gasteiger charge is -2.15. The Morgan fingerprint density at radius 2 is 1.87 bits per heavy atom. The number of benzene rings is 2. The summed E-state index contributed by atoms with van der Waals surface area (Å²) in [6.45, 7) is 0.422. The van der Waals surface area contributed by atoms with Crippen molar-refractivity contribution in [2.24, 2.45) is 0 Å². The minimum absolute atomic E-state index is 0.106. The predicted octanol–water partition coefficient (Wildman–Crippen LogP) is 3.04. The van der Waals surface area contributed by atoms with E-state index >= 15 is 0 Å². The van der Waals surface area contributed by atoms with Crippen LogP contribution >= 0.6 is 0 Å². The maximum absolute atomic E-state index is 12.5. The maximum atomic E-state index is 12.5. The van der Waals surface area contributed by atoms with Crippen molar-refractivity contribution in [3.05, 3.63) is 83.7 Å². The molecule has 0 saturated carbocycles. The number of pyridine rings is 1. The van der Waals surface area contributed by atoms with Gasteiger partial charge in [-0.3, -0.25) is 14.6 Å². The van der Waals surface area contributed by atoms with Crippen molar-refractivity contribution >= 4 is 11.8 Å². The van der Waals surface area contributed by atoms with Crippen molar-refractivity contribution in [1.82, 2.24) is 15.6 Å². The van der Waals surface area contributed by atoms with Crippen LogP contribution < -0.4 is 15.4 Å². The quantitative estimate of drug-likeness (QED) is 0.691. The highest BCUT2D eigenvalue weighted by atomic mass is 16.5. The van der Waals surface area contributed by atoms with E-state index in [2.05, 4.69) is 21.7 Å². The third-order valence-electron chi connectivity index (χ3n) is 5.62. The van der Waals surface area contributed by atoms with E-state index in [9.17, 15) is 9.59 Å². The first-order chi connectivity index (χ1) is 14.7. The normalized spacial score (nSPS) is 18.9. The van der Waals surface area contributed by atoms with Crippen molar-refractivity contribution < 1.29 is 14.3 Å². The number of fused-ring (bicyclic) bond motifs is 2. The lowest BCUT2D eigenvalue weighted by Crippen LogP contribution is -2.36. The van der Waals surface area contributed by atoms with Crippen LogP contribution in [0.5, 0.6) is 5.75 Å². The number of amides is 2. The number of ether oxygens (including phenoxy) is 1. The molecular weight excluding hydrogens is 378 g/mol. The monoisotopic (exact) mass is 399 g/mol. The van der Waals surface area contributed by atoms with Gasteiger partial charge in [0.05, 0.1) is 19.0 Å². The molecule has 2 atom stereocenters. The van der Waals surface area contributed by atoms with Gasteiger partial charge in [0.1, 0.15) is 11.9 Å². The molecular formula is C24H21N3O3. The van der Waals surface area contributed by atoms with Crippen LogP contribution in [-0.2, 0) is 11.2 Å². The van der Waals surface area contributed by atoms with E-state index in [4.69, 9.17) is 4.74 Å². The van der Waals surface area contributed by atoms with Gasteiger partial charge in [-0.25, -0.2) is 0 Å². The number of rotatable bonds is 5.